The average molecular weight is 255 g/mol. The van der Waals surface area contributed by atoms with Crippen molar-refractivity contribution in [1.29, 1.82) is 0 Å². The molecule has 0 radical (unpaired) electrons. The summed E-state index contributed by atoms with van der Waals surface area (Å²) in [5.41, 5.74) is -0.506. The third-order valence-corrected chi connectivity index (χ3v) is 4.32. The maximum absolute atomic E-state index is 12.0. The number of carbonyl (C=O) groups excluding carboxylic acids is 1. The van der Waals surface area contributed by atoms with E-state index in [2.05, 4.69) is 0 Å². The summed E-state index contributed by atoms with van der Waals surface area (Å²) in [5, 5.41) is 10.5. The van der Waals surface area contributed by atoms with E-state index in [0.29, 0.717) is 13.1 Å². The summed E-state index contributed by atoms with van der Waals surface area (Å²) in [7, 11) is 0. The van der Waals surface area contributed by atoms with Crippen LogP contribution >= 0.6 is 0 Å². The summed E-state index contributed by atoms with van der Waals surface area (Å²) >= 11 is 0. The van der Waals surface area contributed by atoms with E-state index in [0.717, 1.165) is 25.7 Å². The van der Waals surface area contributed by atoms with E-state index < -0.39 is 5.60 Å². The maximum Gasteiger partial charge on any atom is 0.248 e. The zero-order valence-electron chi connectivity index (χ0n) is 11.5. The van der Waals surface area contributed by atoms with Crippen LogP contribution in [0.2, 0.25) is 0 Å². The monoisotopic (exact) mass is 255 g/mol. The number of rotatable bonds is 3. The smallest absolute Gasteiger partial charge is 0.248 e. The molecular weight excluding hydrogens is 230 g/mol. The van der Waals surface area contributed by atoms with Gasteiger partial charge in [-0.15, -0.1) is 0 Å². The summed E-state index contributed by atoms with van der Waals surface area (Å²) in [6.45, 7) is 5.42. The molecule has 0 bridgehead atoms. The van der Waals surface area contributed by atoms with Gasteiger partial charge in [-0.3, -0.25) is 4.79 Å². The fourth-order valence-electron chi connectivity index (χ4n) is 3.13. The van der Waals surface area contributed by atoms with Crippen LogP contribution in [-0.4, -0.2) is 47.3 Å². The van der Waals surface area contributed by atoms with Gasteiger partial charge in [0.1, 0.15) is 6.61 Å². The van der Waals surface area contributed by atoms with Gasteiger partial charge in [0, 0.05) is 19.0 Å². The Labute approximate surface area is 109 Å². The van der Waals surface area contributed by atoms with Gasteiger partial charge >= 0.3 is 0 Å². The Morgan fingerprint density at radius 3 is 2.94 bits per heavy atom. The van der Waals surface area contributed by atoms with Crippen LogP contribution in [-0.2, 0) is 9.53 Å². The number of nitrogens with zero attached hydrogens (tertiary/aromatic N) is 1. The van der Waals surface area contributed by atoms with Crippen LogP contribution in [0.25, 0.3) is 0 Å². The summed E-state index contributed by atoms with van der Waals surface area (Å²) in [6, 6.07) is 0. The van der Waals surface area contributed by atoms with Crippen molar-refractivity contribution in [3.05, 3.63) is 0 Å². The van der Waals surface area contributed by atoms with E-state index in [1.807, 2.05) is 18.7 Å². The molecule has 0 spiro atoms. The molecule has 0 aromatic carbocycles. The number of carbonyl (C=O) groups is 1. The van der Waals surface area contributed by atoms with Crippen molar-refractivity contribution >= 4 is 5.91 Å². The van der Waals surface area contributed by atoms with Crippen LogP contribution in [0.4, 0.5) is 0 Å². The predicted octanol–water partition coefficient (Wildman–Crippen LogP) is 1.56. The molecule has 2 unspecified atom stereocenters. The Balaban J connectivity index is 1.88. The second-order valence-electron chi connectivity index (χ2n) is 6.00. The second-order valence-corrected chi connectivity index (χ2v) is 6.00. The van der Waals surface area contributed by atoms with Crippen molar-refractivity contribution in [2.24, 2.45) is 5.92 Å². The third-order valence-electron chi connectivity index (χ3n) is 4.32. The third kappa shape index (κ3) is 3.04. The lowest BCUT2D eigenvalue weighted by molar-refractivity contribution is -0.149. The van der Waals surface area contributed by atoms with Crippen LogP contribution in [0.1, 0.15) is 46.0 Å². The highest BCUT2D eigenvalue weighted by atomic mass is 16.5. The number of amides is 1. The summed E-state index contributed by atoms with van der Waals surface area (Å²) in [6.07, 6.45) is 5.07. The van der Waals surface area contributed by atoms with E-state index in [9.17, 15) is 9.90 Å². The highest BCUT2D eigenvalue weighted by molar-refractivity contribution is 5.77. The largest absolute Gasteiger partial charge is 0.389 e. The number of ether oxygens (including phenoxy) is 1. The minimum atomic E-state index is -0.506. The van der Waals surface area contributed by atoms with Crippen molar-refractivity contribution in [2.45, 2.75) is 57.7 Å². The van der Waals surface area contributed by atoms with Gasteiger partial charge in [-0.05, 0) is 33.1 Å². The number of fused-ring (bicyclic) bond motifs is 1. The summed E-state index contributed by atoms with van der Waals surface area (Å²) in [4.78, 5) is 13.9. The van der Waals surface area contributed by atoms with Crippen molar-refractivity contribution < 1.29 is 14.6 Å². The van der Waals surface area contributed by atoms with E-state index in [4.69, 9.17) is 4.74 Å². The SMILES string of the molecule is CC(C)OCC(=O)N1CCC2(O)CCCCC2C1. The fourth-order valence-corrected chi connectivity index (χ4v) is 3.13. The van der Waals surface area contributed by atoms with Crippen molar-refractivity contribution in [2.75, 3.05) is 19.7 Å². The molecule has 2 atom stereocenters. The first-order valence-electron chi connectivity index (χ1n) is 7.13. The van der Waals surface area contributed by atoms with E-state index in [1.54, 1.807) is 0 Å². The Bertz CT molecular complexity index is 305. The highest BCUT2D eigenvalue weighted by Gasteiger charge is 2.43. The summed E-state index contributed by atoms with van der Waals surface area (Å²) < 4.78 is 5.36. The molecule has 1 aliphatic carbocycles. The molecule has 2 aliphatic rings. The lowest BCUT2D eigenvalue weighted by Gasteiger charge is -2.47. The predicted molar refractivity (Wildman–Crippen MR) is 69.2 cm³/mol. The Morgan fingerprint density at radius 2 is 2.22 bits per heavy atom. The van der Waals surface area contributed by atoms with Gasteiger partial charge in [-0.25, -0.2) is 0 Å². The Kier molecular flexibility index (Phi) is 4.28. The van der Waals surface area contributed by atoms with Crippen LogP contribution in [0.15, 0.2) is 0 Å². The minimum Gasteiger partial charge on any atom is -0.389 e. The molecule has 0 aromatic heterocycles. The highest BCUT2D eigenvalue weighted by Crippen LogP contribution is 2.39. The average Bonchev–Trinajstić information content (AvgIpc) is 2.34. The van der Waals surface area contributed by atoms with E-state index in [1.165, 1.54) is 6.42 Å². The molecule has 2 fully saturated rings. The van der Waals surface area contributed by atoms with Crippen LogP contribution in [0, 0.1) is 5.92 Å². The topological polar surface area (TPSA) is 49.8 Å². The second kappa shape index (κ2) is 5.57. The molecule has 0 aromatic rings. The molecule has 1 amide bonds. The molecular formula is C14H25NO3. The van der Waals surface area contributed by atoms with Crippen LogP contribution in [0.3, 0.4) is 0 Å². The zero-order valence-corrected chi connectivity index (χ0v) is 11.5. The minimum absolute atomic E-state index is 0.0660. The van der Waals surface area contributed by atoms with Gasteiger partial charge in [0.15, 0.2) is 0 Å². The van der Waals surface area contributed by atoms with E-state index in [-0.39, 0.29) is 24.5 Å². The first-order chi connectivity index (χ1) is 8.51. The first kappa shape index (κ1) is 13.8. The number of hydrogen-bond acceptors (Lipinski definition) is 3. The van der Waals surface area contributed by atoms with Gasteiger partial charge in [0.2, 0.25) is 5.91 Å². The van der Waals surface area contributed by atoms with Crippen molar-refractivity contribution in [1.82, 2.24) is 4.90 Å². The zero-order chi connectivity index (χ0) is 13.2. The molecule has 2 rings (SSSR count). The van der Waals surface area contributed by atoms with Crippen molar-refractivity contribution in [3.63, 3.8) is 0 Å². The first-order valence-corrected chi connectivity index (χ1v) is 7.13. The van der Waals surface area contributed by atoms with Gasteiger partial charge in [-0.1, -0.05) is 12.8 Å². The molecule has 104 valence electrons. The number of hydrogen-bond donors (Lipinski definition) is 1. The molecule has 4 heteroatoms. The van der Waals surface area contributed by atoms with Crippen molar-refractivity contribution in [3.8, 4) is 0 Å². The Morgan fingerprint density at radius 1 is 1.44 bits per heavy atom. The normalized spacial score (nSPS) is 32.4. The Hall–Kier alpha value is -0.610. The quantitative estimate of drug-likeness (QED) is 0.832. The van der Waals surface area contributed by atoms with Crippen LogP contribution in [0.5, 0.6) is 0 Å². The number of piperidine rings is 1. The number of likely N-dealkylation sites (tertiary alicyclic amines) is 1. The lowest BCUT2D eigenvalue weighted by Crippen LogP contribution is -2.55. The van der Waals surface area contributed by atoms with Gasteiger partial charge in [0.05, 0.1) is 11.7 Å². The number of aliphatic hydroxyl groups is 1. The van der Waals surface area contributed by atoms with E-state index >= 15 is 0 Å². The van der Waals surface area contributed by atoms with Gasteiger partial charge < -0.3 is 14.7 Å². The summed E-state index contributed by atoms with van der Waals surface area (Å²) in [5.74, 6) is 0.333. The molecule has 1 saturated carbocycles. The maximum atomic E-state index is 12.0. The lowest BCUT2D eigenvalue weighted by atomic mass is 9.71. The molecule has 1 heterocycles. The molecule has 18 heavy (non-hydrogen) atoms. The molecule has 1 N–H and O–H groups in total. The molecule has 1 saturated heterocycles. The van der Waals surface area contributed by atoms with Gasteiger partial charge in [0.25, 0.3) is 0 Å². The van der Waals surface area contributed by atoms with Crippen LogP contribution < -0.4 is 0 Å². The molecule has 4 nitrogen and oxygen atoms in total. The standard InChI is InChI=1S/C14H25NO3/c1-11(2)18-10-13(16)15-8-7-14(17)6-4-3-5-12(14)9-15/h11-12,17H,3-10H2,1-2H3. The fraction of sp³-hybridized carbons (Fsp3) is 0.929. The molecule has 1 aliphatic heterocycles. The van der Waals surface area contributed by atoms with Gasteiger partial charge in [-0.2, -0.15) is 0 Å².